The zero-order valence-corrected chi connectivity index (χ0v) is 10.6. The number of nitrogens with zero attached hydrogens (tertiary/aromatic N) is 1. The van der Waals surface area contributed by atoms with Crippen LogP contribution in [0.3, 0.4) is 0 Å². The lowest BCUT2D eigenvalue weighted by Crippen LogP contribution is -2.35. The van der Waals surface area contributed by atoms with Gasteiger partial charge in [0.15, 0.2) is 0 Å². The van der Waals surface area contributed by atoms with Crippen LogP contribution in [-0.4, -0.2) is 41.4 Å². The largest absolute Gasteiger partial charge is 0.393 e. The molecule has 0 radical (unpaired) electrons. The second kappa shape index (κ2) is 7.06. The SMILES string of the molecule is CSCCC(=O)N(C)CC(C)C(N)=S. The summed E-state index contributed by atoms with van der Waals surface area (Å²) in [7, 11) is 1.79. The van der Waals surface area contributed by atoms with Gasteiger partial charge in [0.2, 0.25) is 5.91 Å². The monoisotopic (exact) mass is 234 g/mol. The average Bonchev–Trinajstić information content (AvgIpc) is 2.13. The third kappa shape index (κ3) is 5.44. The molecule has 0 bridgehead atoms. The Balaban J connectivity index is 3.88. The number of thioether (sulfide) groups is 1. The molecule has 0 aromatic carbocycles. The van der Waals surface area contributed by atoms with Crippen LogP contribution in [0.4, 0.5) is 0 Å². The summed E-state index contributed by atoms with van der Waals surface area (Å²) < 4.78 is 0. The van der Waals surface area contributed by atoms with Gasteiger partial charge in [-0.1, -0.05) is 19.1 Å². The van der Waals surface area contributed by atoms with Crippen molar-refractivity contribution in [3.8, 4) is 0 Å². The first kappa shape index (κ1) is 13.7. The van der Waals surface area contributed by atoms with Gasteiger partial charge in [-0.2, -0.15) is 11.8 Å². The Kier molecular flexibility index (Phi) is 6.92. The van der Waals surface area contributed by atoms with E-state index >= 15 is 0 Å². The maximum absolute atomic E-state index is 11.5. The van der Waals surface area contributed by atoms with Crippen LogP contribution in [0.25, 0.3) is 0 Å². The molecular formula is C9H18N2OS2. The molecule has 0 fully saturated rings. The fourth-order valence-corrected chi connectivity index (χ4v) is 1.44. The van der Waals surface area contributed by atoms with Crippen molar-refractivity contribution in [3.63, 3.8) is 0 Å². The Hall–Kier alpha value is -0.290. The van der Waals surface area contributed by atoms with Crippen molar-refractivity contribution >= 4 is 34.9 Å². The molecule has 0 aromatic heterocycles. The molecule has 14 heavy (non-hydrogen) atoms. The Morgan fingerprint density at radius 2 is 2.21 bits per heavy atom. The Bertz CT molecular complexity index is 209. The maximum atomic E-state index is 11.5. The van der Waals surface area contributed by atoms with Crippen molar-refractivity contribution in [1.82, 2.24) is 4.90 Å². The number of hydrogen-bond donors (Lipinski definition) is 1. The molecule has 0 saturated carbocycles. The van der Waals surface area contributed by atoms with E-state index in [0.29, 0.717) is 18.0 Å². The summed E-state index contributed by atoms with van der Waals surface area (Å²) in [5, 5.41) is 0. The quantitative estimate of drug-likeness (QED) is 0.700. The lowest BCUT2D eigenvalue weighted by Gasteiger charge is -2.20. The van der Waals surface area contributed by atoms with Crippen molar-refractivity contribution in [2.45, 2.75) is 13.3 Å². The van der Waals surface area contributed by atoms with Gasteiger partial charge in [-0.05, 0) is 6.26 Å². The first-order valence-electron chi connectivity index (χ1n) is 4.51. The van der Waals surface area contributed by atoms with Crippen LogP contribution in [-0.2, 0) is 4.79 Å². The van der Waals surface area contributed by atoms with E-state index in [1.165, 1.54) is 0 Å². The van der Waals surface area contributed by atoms with Gasteiger partial charge in [-0.15, -0.1) is 0 Å². The molecule has 0 rings (SSSR count). The van der Waals surface area contributed by atoms with E-state index in [1.807, 2.05) is 13.2 Å². The van der Waals surface area contributed by atoms with E-state index in [0.717, 1.165) is 5.75 Å². The number of hydrogen-bond acceptors (Lipinski definition) is 3. The first-order valence-corrected chi connectivity index (χ1v) is 6.31. The van der Waals surface area contributed by atoms with Crippen LogP contribution < -0.4 is 5.73 Å². The predicted molar refractivity (Wildman–Crippen MR) is 66.6 cm³/mol. The van der Waals surface area contributed by atoms with Crippen LogP contribution >= 0.6 is 24.0 Å². The summed E-state index contributed by atoms with van der Waals surface area (Å²) in [4.78, 5) is 13.7. The minimum atomic E-state index is 0.0910. The van der Waals surface area contributed by atoms with E-state index in [1.54, 1.807) is 23.7 Å². The maximum Gasteiger partial charge on any atom is 0.223 e. The predicted octanol–water partition coefficient (Wildman–Crippen LogP) is 1.12. The lowest BCUT2D eigenvalue weighted by molar-refractivity contribution is -0.129. The molecule has 0 aromatic rings. The second-order valence-electron chi connectivity index (χ2n) is 3.32. The third-order valence-electron chi connectivity index (χ3n) is 1.98. The normalized spacial score (nSPS) is 12.2. The van der Waals surface area contributed by atoms with Gasteiger partial charge >= 0.3 is 0 Å². The van der Waals surface area contributed by atoms with Crippen LogP contribution in [0.15, 0.2) is 0 Å². The Labute approximate surface area is 95.4 Å². The summed E-state index contributed by atoms with van der Waals surface area (Å²) in [5.74, 6) is 1.11. The van der Waals surface area contributed by atoms with E-state index in [4.69, 9.17) is 18.0 Å². The minimum Gasteiger partial charge on any atom is -0.393 e. The number of rotatable bonds is 6. The molecule has 0 aliphatic rings. The molecule has 2 N–H and O–H groups in total. The second-order valence-corrected chi connectivity index (χ2v) is 4.78. The van der Waals surface area contributed by atoms with Gasteiger partial charge in [-0.25, -0.2) is 0 Å². The zero-order valence-electron chi connectivity index (χ0n) is 8.95. The molecule has 0 aliphatic heterocycles. The molecule has 0 aliphatic carbocycles. The van der Waals surface area contributed by atoms with E-state index in [-0.39, 0.29) is 11.8 Å². The molecule has 1 amide bonds. The molecule has 0 saturated heterocycles. The fraction of sp³-hybridized carbons (Fsp3) is 0.778. The van der Waals surface area contributed by atoms with Gasteiger partial charge in [0.25, 0.3) is 0 Å². The summed E-state index contributed by atoms with van der Waals surface area (Å²) >= 11 is 6.52. The molecule has 5 heteroatoms. The molecule has 1 unspecified atom stereocenters. The topological polar surface area (TPSA) is 46.3 Å². The molecule has 0 heterocycles. The molecule has 0 spiro atoms. The van der Waals surface area contributed by atoms with Crippen LogP contribution in [0, 0.1) is 5.92 Å². The van der Waals surface area contributed by atoms with E-state index < -0.39 is 0 Å². The zero-order chi connectivity index (χ0) is 11.1. The number of carbonyl (C=O) groups is 1. The standard InChI is InChI=1S/C9H18N2OS2/c1-7(9(10)13)6-11(2)8(12)4-5-14-3/h7H,4-6H2,1-3H3,(H2,10,13). The Morgan fingerprint density at radius 3 is 2.64 bits per heavy atom. The highest BCUT2D eigenvalue weighted by Crippen LogP contribution is 2.03. The fourth-order valence-electron chi connectivity index (χ4n) is 0.983. The van der Waals surface area contributed by atoms with Crippen LogP contribution in [0.5, 0.6) is 0 Å². The summed E-state index contributed by atoms with van der Waals surface area (Å²) in [6.07, 6.45) is 2.58. The van der Waals surface area contributed by atoms with Crippen LogP contribution in [0.2, 0.25) is 0 Å². The van der Waals surface area contributed by atoms with Crippen molar-refractivity contribution < 1.29 is 4.79 Å². The van der Waals surface area contributed by atoms with Gasteiger partial charge in [0, 0.05) is 31.7 Å². The summed E-state index contributed by atoms with van der Waals surface area (Å²) in [5.41, 5.74) is 5.47. The van der Waals surface area contributed by atoms with Gasteiger partial charge in [0.05, 0.1) is 4.99 Å². The van der Waals surface area contributed by atoms with Gasteiger partial charge < -0.3 is 10.6 Å². The number of thiocarbonyl (C=S) groups is 1. The lowest BCUT2D eigenvalue weighted by atomic mass is 10.1. The van der Waals surface area contributed by atoms with Gasteiger partial charge in [-0.3, -0.25) is 4.79 Å². The Morgan fingerprint density at radius 1 is 1.64 bits per heavy atom. The van der Waals surface area contributed by atoms with Crippen molar-refractivity contribution in [3.05, 3.63) is 0 Å². The van der Waals surface area contributed by atoms with Crippen molar-refractivity contribution in [1.29, 1.82) is 0 Å². The smallest absolute Gasteiger partial charge is 0.223 e. The highest BCUT2D eigenvalue weighted by atomic mass is 32.2. The highest BCUT2D eigenvalue weighted by Gasteiger charge is 2.13. The number of amides is 1. The highest BCUT2D eigenvalue weighted by molar-refractivity contribution is 7.98. The first-order chi connectivity index (χ1) is 6.49. The summed E-state index contributed by atoms with van der Waals surface area (Å²) in [6.45, 7) is 2.54. The van der Waals surface area contributed by atoms with Gasteiger partial charge in [0.1, 0.15) is 0 Å². The molecule has 1 atom stereocenters. The number of carbonyl (C=O) groups excluding carboxylic acids is 1. The molecular weight excluding hydrogens is 216 g/mol. The van der Waals surface area contributed by atoms with Crippen LogP contribution in [0.1, 0.15) is 13.3 Å². The third-order valence-corrected chi connectivity index (χ3v) is 2.99. The average molecular weight is 234 g/mol. The molecule has 3 nitrogen and oxygen atoms in total. The summed E-state index contributed by atoms with van der Waals surface area (Å²) in [6, 6.07) is 0. The van der Waals surface area contributed by atoms with Crippen molar-refractivity contribution in [2.75, 3.05) is 25.6 Å². The molecule has 82 valence electrons. The van der Waals surface area contributed by atoms with E-state index in [9.17, 15) is 4.79 Å². The number of nitrogens with two attached hydrogens (primary N) is 1. The van der Waals surface area contributed by atoms with E-state index in [2.05, 4.69) is 0 Å². The van der Waals surface area contributed by atoms with Crippen molar-refractivity contribution in [2.24, 2.45) is 11.7 Å². The minimum absolute atomic E-state index is 0.0910.